The summed E-state index contributed by atoms with van der Waals surface area (Å²) in [5, 5.41) is 14.1. The molecular formula is C25H34N6O. The Morgan fingerprint density at radius 3 is 2.38 bits per heavy atom. The van der Waals surface area contributed by atoms with Gasteiger partial charge in [-0.3, -0.25) is 9.69 Å². The van der Waals surface area contributed by atoms with Crippen molar-refractivity contribution in [2.75, 3.05) is 13.1 Å². The van der Waals surface area contributed by atoms with Crippen molar-refractivity contribution in [3.8, 4) is 0 Å². The highest BCUT2D eigenvalue weighted by atomic mass is 16.1. The summed E-state index contributed by atoms with van der Waals surface area (Å²) in [6.07, 6.45) is 10.7. The van der Waals surface area contributed by atoms with Crippen molar-refractivity contribution in [1.29, 1.82) is 0 Å². The van der Waals surface area contributed by atoms with Crippen molar-refractivity contribution in [3.05, 3.63) is 51.1 Å². The van der Waals surface area contributed by atoms with Gasteiger partial charge in [-0.2, -0.15) is 0 Å². The Morgan fingerprint density at radius 2 is 1.62 bits per heavy atom. The van der Waals surface area contributed by atoms with Gasteiger partial charge in [0.05, 0.1) is 6.04 Å². The summed E-state index contributed by atoms with van der Waals surface area (Å²) in [5.41, 5.74) is 4.03. The third kappa shape index (κ3) is 4.10. The SMILES string of the molecule is Cc1cc2cc(C(c3nnnn3C3CCCCC3)N3CCCCCC3)c(=O)[nH]c2cc1C. The van der Waals surface area contributed by atoms with Gasteiger partial charge in [-0.1, -0.05) is 32.1 Å². The van der Waals surface area contributed by atoms with Gasteiger partial charge in [0.25, 0.3) is 5.56 Å². The molecule has 3 heterocycles. The molecule has 3 aromatic rings. The van der Waals surface area contributed by atoms with E-state index in [0.717, 1.165) is 61.1 Å². The van der Waals surface area contributed by atoms with Crippen molar-refractivity contribution in [2.45, 2.75) is 83.7 Å². The molecule has 1 N–H and O–H groups in total. The Balaban J connectivity index is 1.64. The van der Waals surface area contributed by atoms with Crippen LogP contribution in [0.3, 0.4) is 0 Å². The van der Waals surface area contributed by atoms with E-state index in [0.29, 0.717) is 6.04 Å². The number of aromatic amines is 1. The highest BCUT2D eigenvalue weighted by Gasteiger charge is 2.33. The third-order valence-corrected chi connectivity index (χ3v) is 7.47. The summed E-state index contributed by atoms with van der Waals surface area (Å²) in [5.74, 6) is 0.826. The summed E-state index contributed by atoms with van der Waals surface area (Å²) in [6.45, 7) is 6.13. The summed E-state index contributed by atoms with van der Waals surface area (Å²) >= 11 is 0. The molecule has 2 fully saturated rings. The molecule has 1 aromatic carbocycles. The molecule has 0 amide bonds. The Morgan fingerprint density at radius 1 is 0.938 bits per heavy atom. The van der Waals surface area contributed by atoms with E-state index >= 15 is 0 Å². The third-order valence-electron chi connectivity index (χ3n) is 7.47. The van der Waals surface area contributed by atoms with Gasteiger partial charge in [-0.05, 0) is 97.8 Å². The van der Waals surface area contributed by atoms with Gasteiger partial charge in [-0.25, -0.2) is 4.68 Å². The predicted molar refractivity (Wildman–Crippen MR) is 126 cm³/mol. The summed E-state index contributed by atoms with van der Waals surface area (Å²) < 4.78 is 2.04. The number of nitrogens with zero attached hydrogens (tertiary/aromatic N) is 5. The molecule has 1 aliphatic carbocycles. The Labute approximate surface area is 189 Å². The lowest BCUT2D eigenvalue weighted by atomic mass is 9.95. The van der Waals surface area contributed by atoms with Gasteiger partial charge in [0.1, 0.15) is 6.04 Å². The summed E-state index contributed by atoms with van der Waals surface area (Å²) in [4.78, 5) is 19.0. The van der Waals surface area contributed by atoms with Crippen LogP contribution in [0.2, 0.25) is 0 Å². The number of rotatable bonds is 4. The first-order valence-electron chi connectivity index (χ1n) is 12.3. The fourth-order valence-corrected chi connectivity index (χ4v) is 5.52. The van der Waals surface area contributed by atoms with Crippen LogP contribution >= 0.6 is 0 Å². The van der Waals surface area contributed by atoms with Gasteiger partial charge in [0.15, 0.2) is 5.82 Å². The van der Waals surface area contributed by atoms with Gasteiger partial charge in [0.2, 0.25) is 0 Å². The highest BCUT2D eigenvalue weighted by molar-refractivity contribution is 5.81. The lowest BCUT2D eigenvalue weighted by Gasteiger charge is -2.31. The zero-order valence-electron chi connectivity index (χ0n) is 19.3. The van der Waals surface area contributed by atoms with Gasteiger partial charge < -0.3 is 4.98 Å². The average Bonchev–Trinajstić information content (AvgIpc) is 3.11. The van der Waals surface area contributed by atoms with E-state index in [4.69, 9.17) is 0 Å². The van der Waals surface area contributed by atoms with E-state index in [2.05, 4.69) is 57.5 Å². The Hall–Kier alpha value is -2.54. The number of pyridine rings is 1. The maximum absolute atomic E-state index is 13.4. The smallest absolute Gasteiger partial charge is 0.253 e. The van der Waals surface area contributed by atoms with Crippen LogP contribution in [0.4, 0.5) is 0 Å². The normalized spacial score (nSPS) is 19.8. The van der Waals surface area contributed by atoms with Crippen LogP contribution in [-0.4, -0.2) is 43.2 Å². The molecule has 1 atom stereocenters. The van der Waals surface area contributed by atoms with E-state index in [9.17, 15) is 4.79 Å². The molecule has 1 saturated carbocycles. The number of likely N-dealkylation sites (tertiary alicyclic amines) is 1. The number of nitrogens with one attached hydrogen (secondary N) is 1. The first-order valence-corrected chi connectivity index (χ1v) is 12.3. The van der Waals surface area contributed by atoms with Crippen LogP contribution in [-0.2, 0) is 0 Å². The molecule has 2 aliphatic rings. The zero-order chi connectivity index (χ0) is 22.1. The average molecular weight is 435 g/mol. The summed E-state index contributed by atoms with van der Waals surface area (Å²) in [6, 6.07) is 6.43. The molecule has 0 spiro atoms. The van der Waals surface area contributed by atoms with Crippen molar-refractivity contribution in [3.63, 3.8) is 0 Å². The van der Waals surface area contributed by atoms with Gasteiger partial charge in [-0.15, -0.1) is 5.10 Å². The van der Waals surface area contributed by atoms with E-state index < -0.39 is 0 Å². The fourth-order valence-electron chi connectivity index (χ4n) is 5.52. The number of aromatic nitrogens is 5. The second kappa shape index (κ2) is 9.14. The van der Waals surface area contributed by atoms with Crippen LogP contribution in [0.15, 0.2) is 23.0 Å². The van der Waals surface area contributed by atoms with E-state index in [1.54, 1.807) is 0 Å². The molecule has 1 unspecified atom stereocenters. The number of aryl methyl sites for hydroxylation is 2. The monoisotopic (exact) mass is 434 g/mol. The van der Waals surface area contributed by atoms with Gasteiger partial charge >= 0.3 is 0 Å². The first-order chi connectivity index (χ1) is 15.6. The molecule has 0 bridgehead atoms. The lowest BCUT2D eigenvalue weighted by Crippen LogP contribution is -2.36. The van der Waals surface area contributed by atoms with Crippen molar-refractivity contribution < 1.29 is 0 Å². The number of H-pyrrole nitrogens is 1. The standard InChI is InChI=1S/C25H34N6O/c1-17-14-19-16-21(25(32)26-22(19)15-18(17)2)23(30-12-8-3-4-9-13-30)24-27-28-29-31(24)20-10-6-5-7-11-20/h14-16,20,23H,3-13H2,1-2H3,(H,26,32). The van der Waals surface area contributed by atoms with Crippen LogP contribution in [0.5, 0.6) is 0 Å². The van der Waals surface area contributed by atoms with Crippen LogP contribution in [0.1, 0.15) is 92.4 Å². The maximum atomic E-state index is 13.4. The molecule has 0 radical (unpaired) electrons. The first kappa shape index (κ1) is 21.3. The minimum atomic E-state index is -0.222. The topological polar surface area (TPSA) is 79.7 Å². The number of benzene rings is 1. The van der Waals surface area contributed by atoms with Gasteiger partial charge in [0, 0.05) is 11.1 Å². The highest BCUT2D eigenvalue weighted by Crippen LogP contribution is 2.34. The second-order valence-electron chi connectivity index (χ2n) is 9.70. The molecule has 32 heavy (non-hydrogen) atoms. The van der Waals surface area contributed by atoms with Crippen LogP contribution in [0, 0.1) is 13.8 Å². The molecule has 170 valence electrons. The number of hydrogen-bond acceptors (Lipinski definition) is 5. The minimum absolute atomic E-state index is 0.0341. The van der Waals surface area contributed by atoms with E-state index in [1.807, 2.05) is 4.68 Å². The second-order valence-corrected chi connectivity index (χ2v) is 9.70. The largest absolute Gasteiger partial charge is 0.322 e. The number of fused-ring (bicyclic) bond motifs is 1. The molecule has 1 aliphatic heterocycles. The molecule has 7 heteroatoms. The van der Waals surface area contributed by atoms with Crippen molar-refractivity contribution in [2.24, 2.45) is 0 Å². The lowest BCUT2D eigenvalue weighted by molar-refractivity contribution is 0.210. The van der Waals surface area contributed by atoms with Crippen LogP contribution < -0.4 is 5.56 Å². The molecule has 2 aromatic heterocycles. The Kier molecular flexibility index (Phi) is 6.09. The Bertz CT molecular complexity index is 1140. The maximum Gasteiger partial charge on any atom is 0.253 e. The molecule has 1 saturated heterocycles. The molecule has 5 rings (SSSR count). The summed E-state index contributed by atoms with van der Waals surface area (Å²) in [7, 11) is 0. The number of tetrazole rings is 1. The zero-order valence-corrected chi connectivity index (χ0v) is 19.3. The van der Waals surface area contributed by atoms with Crippen molar-refractivity contribution in [1.82, 2.24) is 30.1 Å². The van der Waals surface area contributed by atoms with E-state index in [1.165, 1.54) is 43.2 Å². The molecular weight excluding hydrogens is 400 g/mol. The predicted octanol–water partition coefficient (Wildman–Crippen LogP) is 4.60. The quantitative estimate of drug-likeness (QED) is 0.649. The molecule has 7 nitrogen and oxygen atoms in total. The van der Waals surface area contributed by atoms with E-state index in [-0.39, 0.29) is 11.6 Å². The van der Waals surface area contributed by atoms with Crippen molar-refractivity contribution >= 4 is 10.9 Å². The number of hydrogen-bond donors (Lipinski definition) is 1. The fraction of sp³-hybridized carbons (Fsp3) is 0.600. The van der Waals surface area contributed by atoms with Crippen LogP contribution in [0.25, 0.3) is 10.9 Å². The minimum Gasteiger partial charge on any atom is -0.322 e.